The molecule has 0 bridgehead atoms. The Morgan fingerprint density at radius 3 is 1.57 bits per heavy atom. The van der Waals surface area contributed by atoms with Crippen molar-refractivity contribution in [2.24, 2.45) is 0 Å². The van der Waals surface area contributed by atoms with Crippen LogP contribution in [-0.4, -0.2) is 37.8 Å². The third-order valence-electron chi connectivity index (χ3n) is 7.68. The van der Waals surface area contributed by atoms with Gasteiger partial charge < -0.3 is 0 Å². The predicted molar refractivity (Wildman–Crippen MR) is 150 cm³/mol. The van der Waals surface area contributed by atoms with Gasteiger partial charge in [0.15, 0.2) is 0 Å². The Labute approximate surface area is 223 Å². The maximum absolute atomic E-state index is 12.9. The largest absolute Gasteiger partial charge is 0.292 e. The molecule has 0 saturated carbocycles. The van der Waals surface area contributed by atoms with E-state index >= 15 is 0 Å². The van der Waals surface area contributed by atoms with Crippen molar-refractivity contribution >= 4 is 0 Å². The number of fused-ring (bicyclic) bond motifs is 3. The van der Waals surface area contributed by atoms with E-state index in [1.807, 2.05) is 18.3 Å². The van der Waals surface area contributed by atoms with E-state index in [-0.39, 0.29) is 5.82 Å². The fourth-order valence-corrected chi connectivity index (χ4v) is 5.07. The Bertz CT molecular complexity index is 1060. The third kappa shape index (κ3) is 7.04. The van der Waals surface area contributed by atoms with Crippen LogP contribution in [0.5, 0.6) is 0 Å². The van der Waals surface area contributed by atoms with Crippen molar-refractivity contribution in [2.75, 3.05) is 0 Å². The molecule has 0 atom stereocenters. The molecule has 0 N–H and O–H groups in total. The Kier molecular flexibility index (Phi) is 9.12. The van der Waals surface area contributed by atoms with Crippen LogP contribution in [-0.2, 0) is 39.3 Å². The first-order valence-corrected chi connectivity index (χ1v) is 13.7. The number of hydrogen-bond acceptors (Lipinski definition) is 4. The molecule has 0 saturated heterocycles. The van der Waals surface area contributed by atoms with Crippen LogP contribution in [0.25, 0.3) is 0 Å². The second-order valence-electron chi connectivity index (χ2n) is 11.3. The lowest BCUT2D eigenvalue weighted by Crippen LogP contribution is -2.24. The standard InChI is InChI=1S/C11H14FN.C11H15N.C10H14N2/c1-8(2)13-6-9-3-4-11(12)5-10(9)7-13;1-9(2)12-7-10-5-3-4-6-11(10)8-12;1-8(2)12-6-9-4-3-5-11-10(9)7-12/h3-5,8H,6-7H2,1-2H3;3-6,9H,7-8H2,1-2H3;3-5,8H,6-7H2,1-2H3. The van der Waals surface area contributed by atoms with E-state index in [1.54, 1.807) is 12.1 Å². The first kappa shape index (κ1) is 27.4. The van der Waals surface area contributed by atoms with E-state index in [0.717, 1.165) is 44.8 Å². The minimum Gasteiger partial charge on any atom is -0.292 e. The van der Waals surface area contributed by atoms with Crippen molar-refractivity contribution < 1.29 is 4.39 Å². The minimum absolute atomic E-state index is 0.121. The molecule has 3 aliphatic heterocycles. The molecule has 4 heterocycles. The maximum Gasteiger partial charge on any atom is 0.123 e. The van der Waals surface area contributed by atoms with Gasteiger partial charge in [-0.15, -0.1) is 0 Å². The van der Waals surface area contributed by atoms with Gasteiger partial charge >= 0.3 is 0 Å². The SMILES string of the molecule is CC(C)N1Cc2ccc(F)cc2C1.CC(C)N1Cc2ccccc2C1.CC(C)N1Cc2cccnc2C1. The number of halogens is 1. The fourth-order valence-electron chi connectivity index (χ4n) is 5.07. The van der Waals surface area contributed by atoms with Gasteiger partial charge in [-0.3, -0.25) is 19.7 Å². The molecule has 2 aromatic carbocycles. The Morgan fingerprint density at radius 2 is 1.03 bits per heavy atom. The highest BCUT2D eigenvalue weighted by atomic mass is 19.1. The van der Waals surface area contributed by atoms with Crippen LogP contribution in [0.2, 0.25) is 0 Å². The average Bonchev–Trinajstić information content (AvgIpc) is 3.60. The Hall–Kier alpha value is -2.60. The van der Waals surface area contributed by atoms with Crippen molar-refractivity contribution in [1.82, 2.24) is 19.7 Å². The van der Waals surface area contributed by atoms with Gasteiger partial charge in [-0.2, -0.15) is 0 Å². The summed E-state index contributed by atoms with van der Waals surface area (Å²) in [6, 6.07) is 19.8. The summed E-state index contributed by atoms with van der Waals surface area (Å²) in [5, 5.41) is 0. The zero-order valence-corrected chi connectivity index (χ0v) is 23.4. The highest BCUT2D eigenvalue weighted by Crippen LogP contribution is 2.25. The Balaban J connectivity index is 0.000000130. The first-order valence-electron chi connectivity index (χ1n) is 13.7. The summed E-state index contributed by atoms with van der Waals surface area (Å²) in [6.45, 7) is 19.5. The molecular formula is C32H43FN4. The molecular weight excluding hydrogens is 459 g/mol. The van der Waals surface area contributed by atoms with Gasteiger partial charge in [0.25, 0.3) is 0 Å². The molecule has 1 aromatic heterocycles. The number of benzene rings is 2. The maximum atomic E-state index is 12.9. The lowest BCUT2D eigenvalue weighted by atomic mass is 10.1. The Morgan fingerprint density at radius 1 is 0.568 bits per heavy atom. The van der Waals surface area contributed by atoms with E-state index in [1.165, 1.54) is 27.9 Å². The zero-order valence-electron chi connectivity index (χ0n) is 23.4. The topological polar surface area (TPSA) is 22.6 Å². The van der Waals surface area contributed by atoms with Crippen LogP contribution in [0, 0.1) is 5.82 Å². The van der Waals surface area contributed by atoms with E-state index < -0.39 is 0 Å². The lowest BCUT2D eigenvalue weighted by molar-refractivity contribution is 0.226. The van der Waals surface area contributed by atoms with Crippen molar-refractivity contribution in [1.29, 1.82) is 0 Å². The second-order valence-corrected chi connectivity index (χ2v) is 11.3. The summed E-state index contributed by atoms with van der Waals surface area (Å²) >= 11 is 0. The second kappa shape index (κ2) is 12.3. The molecule has 3 aromatic rings. The van der Waals surface area contributed by atoms with E-state index in [0.29, 0.717) is 18.1 Å². The lowest BCUT2D eigenvalue weighted by Gasteiger charge is -2.18. The van der Waals surface area contributed by atoms with Gasteiger partial charge in [0.2, 0.25) is 0 Å². The molecule has 0 spiro atoms. The molecule has 3 aliphatic rings. The van der Waals surface area contributed by atoms with Crippen molar-refractivity contribution in [2.45, 2.75) is 98.9 Å². The molecule has 4 nitrogen and oxygen atoms in total. The molecule has 198 valence electrons. The molecule has 6 rings (SSSR count). The predicted octanol–water partition coefficient (Wildman–Crippen LogP) is 6.77. The van der Waals surface area contributed by atoms with Crippen LogP contribution < -0.4 is 0 Å². The quantitative estimate of drug-likeness (QED) is 0.394. The van der Waals surface area contributed by atoms with Crippen LogP contribution in [0.3, 0.4) is 0 Å². The smallest absolute Gasteiger partial charge is 0.123 e. The zero-order chi connectivity index (χ0) is 26.5. The van der Waals surface area contributed by atoms with Crippen molar-refractivity contribution in [3.05, 3.63) is 100 Å². The first-order chi connectivity index (χ1) is 17.7. The summed E-state index contributed by atoms with van der Waals surface area (Å²) in [6.07, 6.45) is 1.88. The third-order valence-corrected chi connectivity index (χ3v) is 7.68. The van der Waals surface area contributed by atoms with E-state index in [2.05, 4.69) is 91.6 Å². The number of hydrogen-bond donors (Lipinski definition) is 0. The summed E-state index contributed by atoms with van der Waals surface area (Å²) in [5.74, 6) is -0.121. The normalized spacial score (nSPS) is 16.8. The molecule has 0 aliphatic carbocycles. The molecule has 0 radical (unpaired) electrons. The fraction of sp³-hybridized carbons (Fsp3) is 0.469. The monoisotopic (exact) mass is 502 g/mol. The number of rotatable bonds is 3. The number of nitrogens with zero attached hydrogens (tertiary/aromatic N) is 4. The van der Waals surface area contributed by atoms with Gasteiger partial charge in [-0.1, -0.05) is 36.4 Å². The summed E-state index contributed by atoms with van der Waals surface area (Å²) < 4.78 is 12.9. The molecule has 0 amide bonds. The summed E-state index contributed by atoms with van der Waals surface area (Å²) in [4.78, 5) is 11.6. The average molecular weight is 503 g/mol. The highest BCUT2D eigenvalue weighted by molar-refractivity contribution is 5.31. The minimum atomic E-state index is -0.121. The van der Waals surface area contributed by atoms with Crippen LogP contribution in [0.1, 0.15) is 75.1 Å². The number of aromatic nitrogens is 1. The molecule has 0 fully saturated rings. The van der Waals surface area contributed by atoms with Gasteiger partial charge in [-0.25, -0.2) is 4.39 Å². The van der Waals surface area contributed by atoms with Crippen molar-refractivity contribution in [3.8, 4) is 0 Å². The van der Waals surface area contributed by atoms with Crippen LogP contribution in [0.4, 0.5) is 4.39 Å². The summed E-state index contributed by atoms with van der Waals surface area (Å²) in [5.41, 5.74) is 8.08. The van der Waals surface area contributed by atoms with Gasteiger partial charge in [-0.05, 0) is 87.6 Å². The van der Waals surface area contributed by atoms with Crippen molar-refractivity contribution in [3.63, 3.8) is 0 Å². The van der Waals surface area contributed by atoms with Gasteiger partial charge in [0.05, 0.1) is 5.69 Å². The van der Waals surface area contributed by atoms with Crippen LogP contribution >= 0.6 is 0 Å². The van der Waals surface area contributed by atoms with Gasteiger partial charge in [0, 0.05) is 63.6 Å². The van der Waals surface area contributed by atoms with E-state index in [4.69, 9.17) is 0 Å². The highest BCUT2D eigenvalue weighted by Gasteiger charge is 2.22. The number of pyridine rings is 1. The van der Waals surface area contributed by atoms with Crippen LogP contribution in [0.15, 0.2) is 60.8 Å². The molecule has 37 heavy (non-hydrogen) atoms. The van der Waals surface area contributed by atoms with E-state index in [9.17, 15) is 4.39 Å². The molecule has 0 unspecified atom stereocenters. The molecule has 5 heteroatoms. The van der Waals surface area contributed by atoms with Gasteiger partial charge in [0.1, 0.15) is 5.82 Å². The summed E-state index contributed by atoms with van der Waals surface area (Å²) in [7, 11) is 0.